The molecule has 0 aliphatic rings. The van der Waals surface area contributed by atoms with Crippen molar-refractivity contribution in [2.24, 2.45) is 0 Å². The minimum Gasteiger partial charge on any atom is -0.391 e. The van der Waals surface area contributed by atoms with E-state index in [0.29, 0.717) is 6.54 Å². The number of rotatable bonds is 6. The van der Waals surface area contributed by atoms with Crippen molar-refractivity contribution < 1.29 is 5.11 Å². The molecule has 114 valence electrons. The molecule has 7 nitrogen and oxygen atoms in total. The van der Waals surface area contributed by atoms with Crippen molar-refractivity contribution in [3.05, 3.63) is 20.8 Å². The second-order valence-corrected chi connectivity index (χ2v) is 5.55. The van der Waals surface area contributed by atoms with Gasteiger partial charge < -0.3 is 16.2 Å². The average molecular weight is 284 g/mol. The summed E-state index contributed by atoms with van der Waals surface area (Å²) in [5.41, 5.74) is 4.22. The van der Waals surface area contributed by atoms with E-state index in [1.165, 1.54) is 4.57 Å². The summed E-state index contributed by atoms with van der Waals surface area (Å²) in [5, 5.41) is 12.6. The van der Waals surface area contributed by atoms with Crippen LogP contribution in [0, 0.1) is 0 Å². The molecule has 0 radical (unpaired) electrons. The van der Waals surface area contributed by atoms with E-state index in [2.05, 4.69) is 10.3 Å². The number of nitrogens with one attached hydrogen (secondary N) is 2. The van der Waals surface area contributed by atoms with E-state index in [9.17, 15) is 14.7 Å². The van der Waals surface area contributed by atoms with Crippen LogP contribution in [0.25, 0.3) is 0 Å². The molecule has 0 saturated heterocycles. The molecule has 0 aliphatic heterocycles. The van der Waals surface area contributed by atoms with Gasteiger partial charge in [0.2, 0.25) is 0 Å². The molecule has 0 aliphatic carbocycles. The highest BCUT2D eigenvalue weighted by atomic mass is 16.3. The van der Waals surface area contributed by atoms with Gasteiger partial charge in [0.15, 0.2) is 0 Å². The van der Waals surface area contributed by atoms with Crippen molar-refractivity contribution in [1.29, 1.82) is 0 Å². The van der Waals surface area contributed by atoms with Crippen LogP contribution < -0.4 is 22.3 Å². The zero-order valence-electron chi connectivity index (χ0n) is 12.5. The van der Waals surface area contributed by atoms with Gasteiger partial charge in [0.05, 0.1) is 11.6 Å². The molecule has 1 aromatic heterocycles. The predicted octanol–water partition coefficient (Wildman–Crippen LogP) is 0.490. The van der Waals surface area contributed by atoms with Gasteiger partial charge >= 0.3 is 5.69 Å². The lowest BCUT2D eigenvalue weighted by Crippen LogP contribution is -2.45. The van der Waals surface area contributed by atoms with Gasteiger partial charge in [-0.1, -0.05) is 13.3 Å². The van der Waals surface area contributed by atoms with Crippen LogP contribution in [0.3, 0.4) is 0 Å². The smallest absolute Gasteiger partial charge is 0.330 e. The maximum absolute atomic E-state index is 11.9. The summed E-state index contributed by atoms with van der Waals surface area (Å²) in [6, 6.07) is 0. The molecule has 1 atom stereocenters. The number of hydrogen-bond acceptors (Lipinski definition) is 5. The van der Waals surface area contributed by atoms with Crippen molar-refractivity contribution >= 4 is 11.5 Å². The molecule has 20 heavy (non-hydrogen) atoms. The van der Waals surface area contributed by atoms with Gasteiger partial charge in [-0.15, -0.1) is 0 Å². The fourth-order valence-electron chi connectivity index (χ4n) is 1.67. The van der Waals surface area contributed by atoms with E-state index in [4.69, 9.17) is 5.73 Å². The van der Waals surface area contributed by atoms with E-state index < -0.39 is 22.9 Å². The van der Waals surface area contributed by atoms with Crippen LogP contribution in [0.15, 0.2) is 9.59 Å². The number of nitrogen functional groups attached to an aromatic ring is 1. The Hall–Kier alpha value is -1.76. The average Bonchev–Trinajstić information content (AvgIpc) is 2.34. The van der Waals surface area contributed by atoms with Gasteiger partial charge in [-0.05, 0) is 27.2 Å². The fraction of sp³-hybridized carbons (Fsp3) is 0.692. The van der Waals surface area contributed by atoms with Crippen LogP contribution in [0.1, 0.15) is 40.5 Å². The van der Waals surface area contributed by atoms with Gasteiger partial charge in [0, 0.05) is 6.54 Å². The Morgan fingerprint density at radius 3 is 2.55 bits per heavy atom. The van der Waals surface area contributed by atoms with Gasteiger partial charge in [-0.2, -0.15) is 0 Å². The minimum atomic E-state index is -0.742. The number of aromatic amines is 1. The molecule has 1 unspecified atom stereocenters. The monoisotopic (exact) mass is 284 g/mol. The molecule has 5 N–H and O–H groups in total. The van der Waals surface area contributed by atoms with Crippen LogP contribution in [0.4, 0.5) is 11.5 Å². The molecular formula is C13H24N4O3. The Balaban J connectivity index is 3.27. The second kappa shape index (κ2) is 6.13. The molecular weight excluding hydrogens is 260 g/mol. The molecule has 1 heterocycles. The van der Waals surface area contributed by atoms with Crippen molar-refractivity contribution in [2.75, 3.05) is 11.1 Å². The lowest BCUT2D eigenvalue weighted by atomic mass is 9.98. The third-order valence-corrected chi connectivity index (χ3v) is 3.47. The number of hydrogen-bond donors (Lipinski definition) is 4. The Bertz CT molecular complexity index is 572. The number of aromatic nitrogens is 2. The number of unbranched alkanes of at least 4 members (excludes halogenated alkanes) is 1. The molecule has 0 amide bonds. The van der Waals surface area contributed by atoms with Crippen LogP contribution >= 0.6 is 0 Å². The number of aliphatic hydroxyl groups is 1. The van der Waals surface area contributed by atoms with Crippen molar-refractivity contribution in [3.63, 3.8) is 0 Å². The number of H-pyrrole nitrogens is 1. The molecule has 0 bridgehead atoms. The Morgan fingerprint density at radius 1 is 1.45 bits per heavy atom. The molecule has 0 aromatic carbocycles. The topological polar surface area (TPSA) is 113 Å². The second-order valence-electron chi connectivity index (χ2n) is 5.55. The van der Waals surface area contributed by atoms with E-state index >= 15 is 0 Å². The third-order valence-electron chi connectivity index (χ3n) is 3.47. The predicted molar refractivity (Wildman–Crippen MR) is 80.0 cm³/mol. The number of nitrogens with two attached hydrogens (primary N) is 1. The highest BCUT2D eigenvalue weighted by molar-refractivity contribution is 5.61. The summed E-state index contributed by atoms with van der Waals surface area (Å²) < 4.78 is 1.34. The molecule has 0 saturated carbocycles. The molecule has 7 heteroatoms. The van der Waals surface area contributed by atoms with Gasteiger partial charge in [-0.3, -0.25) is 14.3 Å². The highest BCUT2D eigenvalue weighted by Gasteiger charge is 2.26. The summed E-state index contributed by atoms with van der Waals surface area (Å²) in [5.74, 6) is 0.0981. The Kier molecular flexibility index (Phi) is 4.99. The summed E-state index contributed by atoms with van der Waals surface area (Å²) in [6.45, 7) is 7.56. The van der Waals surface area contributed by atoms with E-state index in [1.54, 1.807) is 20.8 Å². The van der Waals surface area contributed by atoms with Gasteiger partial charge in [0.25, 0.3) is 5.56 Å². The first-order valence-corrected chi connectivity index (χ1v) is 6.79. The molecule has 0 fully saturated rings. The first-order valence-electron chi connectivity index (χ1n) is 6.79. The van der Waals surface area contributed by atoms with Gasteiger partial charge in [-0.25, -0.2) is 4.79 Å². The molecule has 1 aromatic rings. The Labute approximate surface area is 117 Å². The normalized spacial score (nSPS) is 13.2. The number of anilines is 2. The van der Waals surface area contributed by atoms with Gasteiger partial charge in [0.1, 0.15) is 11.5 Å². The zero-order chi connectivity index (χ0) is 15.5. The fourth-order valence-corrected chi connectivity index (χ4v) is 1.67. The first kappa shape index (κ1) is 16.3. The van der Waals surface area contributed by atoms with Crippen molar-refractivity contribution in [2.45, 2.75) is 58.7 Å². The maximum Gasteiger partial charge on any atom is 0.330 e. The first-order chi connectivity index (χ1) is 9.20. The van der Waals surface area contributed by atoms with E-state index in [1.807, 2.05) is 6.92 Å². The van der Waals surface area contributed by atoms with Crippen molar-refractivity contribution in [1.82, 2.24) is 9.55 Å². The van der Waals surface area contributed by atoms with E-state index in [-0.39, 0.29) is 11.5 Å². The van der Waals surface area contributed by atoms with Crippen LogP contribution in [-0.2, 0) is 6.54 Å². The van der Waals surface area contributed by atoms with Crippen LogP contribution in [0.5, 0.6) is 0 Å². The summed E-state index contributed by atoms with van der Waals surface area (Å²) >= 11 is 0. The number of nitrogens with zero attached hydrogens (tertiary/aromatic N) is 1. The number of aliphatic hydroxyl groups excluding tert-OH is 1. The highest BCUT2D eigenvalue weighted by Crippen LogP contribution is 2.19. The van der Waals surface area contributed by atoms with E-state index in [0.717, 1.165) is 12.8 Å². The molecule has 0 spiro atoms. The summed E-state index contributed by atoms with van der Waals surface area (Å²) in [4.78, 5) is 25.9. The minimum absolute atomic E-state index is 0.0981. The SMILES string of the molecule is CCCCn1c(N)c(NC(C)(C)C(C)O)c(=O)[nH]c1=O. The summed E-state index contributed by atoms with van der Waals surface area (Å²) in [6.07, 6.45) is 1.000. The maximum atomic E-state index is 11.9. The Morgan fingerprint density at radius 2 is 2.05 bits per heavy atom. The quantitative estimate of drug-likeness (QED) is 0.607. The van der Waals surface area contributed by atoms with Crippen molar-refractivity contribution in [3.8, 4) is 0 Å². The zero-order valence-corrected chi connectivity index (χ0v) is 12.5. The lowest BCUT2D eigenvalue weighted by molar-refractivity contribution is 0.133. The third kappa shape index (κ3) is 3.41. The van der Waals surface area contributed by atoms with Crippen LogP contribution in [-0.4, -0.2) is 26.3 Å². The largest absolute Gasteiger partial charge is 0.391 e. The standard InChI is InChI=1S/C13H24N4O3/c1-5-6-7-17-10(14)9(11(19)15-12(17)20)16-13(3,4)8(2)18/h8,16,18H,5-7,14H2,1-4H3,(H,15,19,20). The molecule has 1 rings (SSSR count). The summed E-state index contributed by atoms with van der Waals surface area (Å²) in [7, 11) is 0. The lowest BCUT2D eigenvalue weighted by Gasteiger charge is -2.30. The van der Waals surface area contributed by atoms with Crippen LogP contribution in [0.2, 0.25) is 0 Å².